The zero-order valence-corrected chi connectivity index (χ0v) is 17.8. The van der Waals surface area contributed by atoms with Crippen molar-refractivity contribution >= 4 is 28.7 Å². The minimum absolute atomic E-state index is 0.0904. The monoisotopic (exact) mass is 452 g/mol. The van der Waals surface area contributed by atoms with Gasteiger partial charge < -0.3 is 9.64 Å². The van der Waals surface area contributed by atoms with Crippen LogP contribution in [0.3, 0.4) is 0 Å². The highest BCUT2D eigenvalue weighted by Crippen LogP contribution is 2.36. The zero-order valence-electron chi connectivity index (χ0n) is 17.1. The second-order valence-electron chi connectivity index (χ2n) is 8.42. The minimum Gasteiger partial charge on any atom is -0.444 e. The molecule has 0 spiro atoms. The lowest BCUT2D eigenvalue weighted by Gasteiger charge is -2.39. The summed E-state index contributed by atoms with van der Waals surface area (Å²) in [6.45, 7) is 6.20. The minimum atomic E-state index is -4.42. The third kappa shape index (κ3) is 4.19. The van der Waals surface area contributed by atoms with Crippen molar-refractivity contribution in [3.63, 3.8) is 0 Å². The van der Waals surface area contributed by atoms with Gasteiger partial charge in [0.1, 0.15) is 5.60 Å². The second kappa shape index (κ2) is 7.40. The van der Waals surface area contributed by atoms with Gasteiger partial charge in [0.25, 0.3) is 0 Å². The molecule has 0 radical (unpaired) electrons. The molecular formula is C21H20ClF3N4O2. The SMILES string of the molecule is CC(C)(C)OC(=O)N1CC(c2nn(-c3ccc(C(F)(F)F)cc3)c3nccc(Cl)c23)C1. The van der Waals surface area contributed by atoms with Gasteiger partial charge in [0, 0.05) is 25.2 Å². The van der Waals surface area contributed by atoms with Crippen molar-refractivity contribution in [1.29, 1.82) is 0 Å². The number of ether oxygens (including phenoxy) is 1. The van der Waals surface area contributed by atoms with E-state index in [0.29, 0.717) is 40.5 Å². The van der Waals surface area contributed by atoms with Crippen molar-refractivity contribution in [1.82, 2.24) is 19.7 Å². The van der Waals surface area contributed by atoms with Crippen LogP contribution in [0.1, 0.15) is 37.9 Å². The molecule has 3 aromatic rings. The van der Waals surface area contributed by atoms with E-state index in [9.17, 15) is 18.0 Å². The van der Waals surface area contributed by atoms with Gasteiger partial charge in [-0.3, -0.25) is 0 Å². The number of aromatic nitrogens is 3. The maximum Gasteiger partial charge on any atom is 0.416 e. The van der Waals surface area contributed by atoms with Gasteiger partial charge in [-0.25, -0.2) is 14.5 Å². The van der Waals surface area contributed by atoms with Crippen LogP contribution in [0.15, 0.2) is 36.5 Å². The molecule has 1 amide bonds. The van der Waals surface area contributed by atoms with Gasteiger partial charge in [-0.2, -0.15) is 18.3 Å². The van der Waals surface area contributed by atoms with E-state index in [2.05, 4.69) is 10.1 Å². The summed E-state index contributed by atoms with van der Waals surface area (Å²) >= 11 is 6.41. The summed E-state index contributed by atoms with van der Waals surface area (Å²) in [6, 6.07) is 6.32. The molecule has 0 N–H and O–H groups in total. The predicted octanol–water partition coefficient (Wildman–Crippen LogP) is 5.43. The van der Waals surface area contributed by atoms with E-state index in [1.165, 1.54) is 23.0 Å². The van der Waals surface area contributed by atoms with E-state index in [1.807, 2.05) is 0 Å². The average molecular weight is 453 g/mol. The molecule has 1 aliphatic heterocycles. The van der Waals surface area contributed by atoms with E-state index in [4.69, 9.17) is 16.3 Å². The molecule has 0 unspecified atom stereocenters. The smallest absolute Gasteiger partial charge is 0.416 e. The van der Waals surface area contributed by atoms with E-state index in [1.54, 1.807) is 31.7 Å². The first-order valence-corrected chi connectivity index (χ1v) is 10.0. The first-order valence-electron chi connectivity index (χ1n) is 9.63. The molecule has 0 aliphatic carbocycles. The van der Waals surface area contributed by atoms with Gasteiger partial charge in [0.15, 0.2) is 5.65 Å². The van der Waals surface area contributed by atoms with Crippen LogP contribution in [-0.4, -0.2) is 44.4 Å². The van der Waals surface area contributed by atoms with Crippen molar-refractivity contribution in [3.05, 3.63) is 52.8 Å². The molecule has 1 aromatic carbocycles. The van der Waals surface area contributed by atoms with Crippen LogP contribution in [-0.2, 0) is 10.9 Å². The van der Waals surface area contributed by atoms with Crippen LogP contribution in [0.2, 0.25) is 5.02 Å². The lowest BCUT2D eigenvalue weighted by molar-refractivity contribution is -0.137. The Morgan fingerprint density at radius 2 is 1.77 bits per heavy atom. The molecule has 1 fully saturated rings. The molecule has 164 valence electrons. The molecule has 0 saturated carbocycles. The van der Waals surface area contributed by atoms with Crippen molar-refractivity contribution in [2.24, 2.45) is 0 Å². The van der Waals surface area contributed by atoms with Crippen LogP contribution < -0.4 is 0 Å². The van der Waals surface area contributed by atoms with Crippen molar-refractivity contribution < 1.29 is 22.7 Å². The average Bonchev–Trinajstić information content (AvgIpc) is 2.99. The number of nitrogens with zero attached hydrogens (tertiary/aromatic N) is 4. The lowest BCUT2D eigenvalue weighted by Crippen LogP contribution is -2.50. The molecule has 6 nitrogen and oxygen atoms in total. The Kier molecular flexibility index (Phi) is 5.12. The Balaban J connectivity index is 1.65. The van der Waals surface area contributed by atoms with Crippen LogP contribution in [0.25, 0.3) is 16.7 Å². The molecule has 0 atom stereocenters. The lowest BCUT2D eigenvalue weighted by atomic mass is 9.95. The van der Waals surface area contributed by atoms with Gasteiger partial charge in [0.05, 0.1) is 27.4 Å². The van der Waals surface area contributed by atoms with Crippen LogP contribution in [0.4, 0.5) is 18.0 Å². The van der Waals surface area contributed by atoms with Gasteiger partial charge in [0.2, 0.25) is 0 Å². The number of alkyl halides is 3. The van der Waals surface area contributed by atoms with E-state index < -0.39 is 23.4 Å². The summed E-state index contributed by atoms with van der Waals surface area (Å²) in [4.78, 5) is 18.2. The fourth-order valence-corrected chi connectivity index (χ4v) is 3.65. The molecule has 10 heteroatoms. The number of likely N-dealkylation sites (tertiary alicyclic amines) is 1. The molecule has 4 rings (SSSR count). The Morgan fingerprint density at radius 3 is 2.35 bits per heavy atom. The van der Waals surface area contributed by atoms with Crippen LogP contribution in [0, 0.1) is 0 Å². The van der Waals surface area contributed by atoms with Gasteiger partial charge >= 0.3 is 12.3 Å². The third-order valence-corrected chi connectivity index (χ3v) is 5.22. The molecule has 0 bridgehead atoms. The molecule has 1 saturated heterocycles. The number of hydrogen-bond acceptors (Lipinski definition) is 4. The quantitative estimate of drug-likeness (QED) is 0.520. The van der Waals surface area contributed by atoms with E-state index in [-0.39, 0.29) is 5.92 Å². The van der Waals surface area contributed by atoms with Crippen molar-refractivity contribution in [2.75, 3.05) is 13.1 Å². The Bertz CT molecular complexity index is 1130. The topological polar surface area (TPSA) is 60.2 Å². The fraction of sp³-hybridized carbons (Fsp3) is 0.381. The summed E-state index contributed by atoms with van der Waals surface area (Å²) in [5.74, 6) is -0.0904. The number of hydrogen-bond donors (Lipinski definition) is 0. The van der Waals surface area contributed by atoms with Gasteiger partial charge in [-0.1, -0.05) is 11.6 Å². The highest BCUT2D eigenvalue weighted by Gasteiger charge is 2.38. The summed E-state index contributed by atoms with van der Waals surface area (Å²) in [7, 11) is 0. The highest BCUT2D eigenvalue weighted by atomic mass is 35.5. The molecule has 2 aromatic heterocycles. The summed E-state index contributed by atoms with van der Waals surface area (Å²) in [6.07, 6.45) is -3.31. The normalized spacial score (nSPS) is 15.3. The summed E-state index contributed by atoms with van der Waals surface area (Å²) in [5.41, 5.74) is 0.186. The van der Waals surface area contributed by atoms with E-state index >= 15 is 0 Å². The van der Waals surface area contributed by atoms with Gasteiger partial charge in [-0.15, -0.1) is 0 Å². The highest BCUT2D eigenvalue weighted by molar-refractivity contribution is 6.35. The number of fused-ring (bicyclic) bond motifs is 1. The number of pyridine rings is 1. The predicted molar refractivity (Wildman–Crippen MR) is 109 cm³/mol. The summed E-state index contributed by atoms with van der Waals surface area (Å²) in [5, 5.41) is 5.67. The number of carbonyl (C=O) groups excluding carboxylic acids is 1. The number of carbonyl (C=O) groups is 1. The Hall–Kier alpha value is -2.81. The fourth-order valence-electron chi connectivity index (χ4n) is 3.42. The van der Waals surface area contributed by atoms with E-state index in [0.717, 1.165) is 12.1 Å². The molecular weight excluding hydrogens is 433 g/mol. The summed E-state index contributed by atoms with van der Waals surface area (Å²) < 4.78 is 45.6. The largest absolute Gasteiger partial charge is 0.444 e. The number of rotatable bonds is 2. The Labute approximate surface area is 181 Å². The maximum atomic E-state index is 12.9. The van der Waals surface area contributed by atoms with Crippen LogP contribution >= 0.6 is 11.6 Å². The second-order valence-corrected chi connectivity index (χ2v) is 8.82. The standard InChI is InChI=1S/C21H20ClF3N4O2/c1-20(2,3)31-19(30)28-10-12(11-28)17-16-15(22)8-9-26-18(16)29(27-17)14-6-4-13(5-7-14)21(23,24)25/h4-9,12H,10-11H2,1-3H3. The molecule has 31 heavy (non-hydrogen) atoms. The number of halogens is 4. The molecule has 3 heterocycles. The maximum absolute atomic E-state index is 12.9. The molecule has 1 aliphatic rings. The van der Waals surface area contributed by atoms with Crippen LogP contribution in [0.5, 0.6) is 0 Å². The first-order chi connectivity index (χ1) is 14.4. The number of benzene rings is 1. The van der Waals surface area contributed by atoms with Gasteiger partial charge in [-0.05, 0) is 51.1 Å². The number of amides is 1. The Morgan fingerprint density at radius 1 is 1.13 bits per heavy atom. The first kappa shape index (κ1) is 21.4. The zero-order chi connectivity index (χ0) is 22.6. The van der Waals surface area contributed by atoms with Crippen molar-refractivity contribution in [2.45, 2.75) is 38.5 Å². The third-order valence-electron chi connectivity index (χ3n) is 4.90. The van der Waals surface area contributed by atoms with Crippen molar-refractivity contribution in [3.8, 4) is 5.69 Å².